The molecule has 74 valence electrons. The Hall–Kier alpha value is -1.68. The molecular formula is C11H9N3S. The van der Waals surface area contributed by atoms with Gasteiger partial charge in [0, 0.05) is 11.7 Å². The lowest BCUT2D eigenvalue weighted by Crippen LogP contribution is -1.87. The molecule has 4 heteroatoms. The fourth-order valence-electron chi connectivity index (χ4n) is 1.60. The van der Waals surface area contributed by atoms with Gasteiger partial charge >= 0.3 is 0 Å². The van der Waals surface area contributed by atoms with E-state index in [1.807, 2.05) is 11.6 Å². The molecule has 3 nitrogen and oxygen atoms in total. The highest BCUT2D eigenvalue weighted by atomic mass is 32.1. The molecule has 0 saturated heterocycles. The van der Waals surface area contributed by atoms with Crippen LogP contribution in [-0.4, -0.2) is 14.8 Å². The maximum Gasteiger partial charge on any atom is 0.173 e. The Labute approximate surface area is 91.0 Å². The molecule has 3 rings (SSSR count). The fraction of sp³-hybridized carbons (Fsp3) is 0.0909. The number of thiophene rings is 1. The number of nitrogens with zero attached hydrogens (tertiary/aromatic N) is 3. The number of aryl methyl sites for hydroxylation is 1. The second-order valence-corrected chi connectivity index (χ2v) is 4.50. The molecule has 0 saturated carbocycles. The van der Waals surface area contributed by atoms with Gasteiger partial charge in [-0.1, -0.05) is 18.2 Å². The zero-order valence-electron chi connectivity index (χ0n) is 8.21. The molecule has 0 bridgehead atoms. The van der Waals surface area contributed by atoms with E-state index in [1.165, 1.54) is 10.1 Å². The van der Waals surface area contributed by atoms with Gasteiger partial charge in [-0.25, -0.2) is 0 Å². The summed E-state index contributed by atoms with van der Waals surface area (Å²) in [4.78, 5) is 1.16. The molecule has 0 atom stereocenters. The van der Waals surface area contributed by atoms with Gasteiger partial charge in [0.1, 0.15) is 6.33 Å². The van der Waals surface area contributed by atoms with Crippen LogP contribution in [0.4, 0.5) is 0 Å². The minimum atomic E-state index is 0.927. The van der Waals surface area contributed by atoms with Crippen LogP contribution < -0.4 is 0 Å². The van der Waals surface area contributed by atoms with Gasteiger partial charge in [-0.05, 0) is 17.5 Å². The van der Waals surface area contributed by atoms with Crippen LogP contribution in [0.1, 0.15) is 0 Å². The largest absolute Gasteiger partial charge is 0.316 e. The summed E-state index contributed by atoms with van der Waals surface area (Å²) in [6.07, 6.45) is 1.72. The molecule has 0 amide bonds. The molecule has 0 aliphatic heterocycles. The monoisotopic (exact) mass is 215 g/mol. The summed E-state index contributed by atoms with van der Waals surface area (Å²) in [5.74, 6) is 0.927. The molecule has 0 spiro atoms. The average molecular weight is 215 g/mol. The molecule has 2 aromatic heterocycles. The third kappa shape index (κ3) is 1.34. The van der Waals surface area contributed by atoms with Crippen molar-refractivity contribution in [2.24, 2.45) is 7.05 Å². The Balaban J connectivity index is 2.24. The van der Waals surface area contributed by atoms with E-state index in [0.717, 1.165) is 10.7 Å². The molecule has 1 aromatic carbocycles. The second-order valence-electron chi connectivity index (χ2n) is 3.41. The zero-order valence-corrected chi connectivity index (χ0v) is 9.03. The topological polar surface area (TPSA) is 30.7 Å². The summed E-state index contributed by atoms with van der Waals surface area (Å²) in [6, 6.07) is 10.5. The summed E-state index contributed by atoms with van der Waals surface area (Å²) in [7, 11) is 1.96. The van der Waals surface area contributed by atoms with Gasteiger partial charge in [-0.2, -0.15) is 0 Å². The van der Waals surface area contributed by atoms with Crippen LogP contribution >= 0.6 is 11.3 Å². The van der Waals surface area contributed by atoms with Gasteiger partial charge in [0.15, 0.2) is 5.82 Å². The summed E-state index contributed by atoms with van der Waals surface area (Å²) < 4.78 is 3.22. The first-order chi connectivity index (χ1) is 7.34. The Bertz CT molecular complexity index is 576. The molecule has 0 radical (unpaired) electrons. The van der Waals surface area contributed by atoms with Crippen LogP contribution in [-0.2, 0) is 7.05 Å². The van der Waals surface area contributed by atoms with Gasteiger partial charge in [0.05, 0.1) is 4.88 Å². The standard InChI is InChI=1S/C11H9N3S/c1-14-7-12-13-11(14)10-6-8-4-2-3-5-9(8)15-10/h2-7H,1H3. The summed E-state index contributed by atoms with van der Waals surface area (Å²) in [5, 5.41) is 9.26. The highest BCUT2D eigenvalue weighted by Gasteiger charge is 2.08. The van der Waals surface area contributed by atoms with E-state index in [9.17, 15) is 0 Å². The number of fused-ring (bicyclic) bond motifs is 1. The van der Waals surface area contributed by atoms with E-state index in [0.29, 0.717) is 0 Å². The SMILES string of the molecule is Cn1cnnc1-c1cc2ccccc2s1. The third-order valence-electron chi connectivity index (χ3n) is 2.36. The molecule has 15 heavy (non-hydrogen) atoms. The van der Waals surface area contributed by atoms with Crippen molar-refractivity contribution in [3.8, 4) is 10.7 Å². The van der Waals surface area contributed by atoms with Crippen molar-refractivity contribution in [3.63, 3.8) is 0 Å². The van der Waals surface area contributed by atoms with Gasteiger partial charge in [-0.3, -0.25) is 0 Å². The van der Waals surface area contributed by atoms with Gasteiger partial charge in [0.25, 0.3) is 0 Å². The average Bonchev–Trinajstić information content (AvgIpc) is 2.82. The first kappa shape index (κ1) is 8.61. The van der Waals surface area contributed by atoms with Crippen molar-refractivity contribution in [1.82, 2.24) is 14.8 Å². The molecule has 0 aliphatic carbocycles. The predicted octanol–water partition coefficient (Wildman–Crippen LogP) is 2.70. The number of hydrogen-bond donors (Lipinski definition) is 0. The fourth-order valence-corrected chi connectivity index (χ4v) is 2.69. The molecule has 2 heterocycles. The van der Waals surface area contributed by atoms with Crippen molar-refractivity contribution >= 4 is 21.4 Å². The molecule has 0 fully saturated rings. The second kappa shape index (κ2) is 3.17. The summed E-state index contributed by atoms with van der Waals surface area (Å²) in [6.45, 7) is 0. The van der Waals surface area contributed by atoms with Crippen LogP contribution in [0.5, 0.6) is 0 Å². The number of rotatable bonds is 1. The normalized spacial score (nSPS) is 11.0. The van der Waals surface area contributed by atoms with E-state index in [2.05, 4.69) is 40.5 Å². The van der Waals surface area contributed by atoms with E-state index < -0.39 is 0 Å². The highest BCUT2D eigenvalue weighted by Crippen LogP contribution is 2.31. The molecule has 3 aromatic rings. The lowest BCUT2D eigenvalue weighted by Gasteiger charge is -1.93. The van der Waals surface area contributed by atoms with E-state index >= 15 is 0 Å². The number of aromatic nitrogens is 3. The Morgan fingerprint density at radius 2 is 2.13 bits per heavy atom. The molecular weight excluding hydrogens is 206 g/mol. The Kier molecular flexibility index (Phi) is 1.82. The molecule has 0 aliphatic rings. The minimum absolute atomic E-state index is 0.927. The van der Waals surface area contributed by atoms with Crippen molar-refractivity contribution in [1.29, 1.82) is 0 Å². The smallest absolute Gasteiger partial charge is 0.173 e. The van der Waals surface area contributed by atoms with Crippen LogP contribution in [0.2, 0.25) is 0 Å². The van der Waals surface area contributed by atoms with E-state index in [4.69, 9.17) is 0 Å². The van der Waals surface area contributed by atoms with Gasteiger partial charge in [-0.15, -0.1) is 21.5 Å². The van der Waals surface area contributed by atoms with Gasteiger partial charge < -0.3 is 4.57 Å². The van der Waals surface area contributed by atoms with E-state index in [1.54, 1.807) is 17.7 Å². The quantitative estimate of drug-likeness (QED) is 0.625. The first-order valence-electron chi connectivity index (χ1n) is 4.67. The maximum atomic E-state index is 4.10. The summed E-state index contributed by atoms with van der Waals surface area (Å²) in [5.41, 5.74) is 0. The minimum Gasteiger partial charge on any atom is -0.316 e. The molecule has 0 unspecified atom stereocenters. The third-order valence-corrected chi connectivity index (χ3v) is 3.47. The van der Waals surface area contributed by atoms with Gasteiger partial charge in [0.2, 0.25) is 0 Å². The van der Waals surface area contributed by atoms with Crippen molar-refractivity contribution in [2.45, 2.75) is 0 Å². The van der Waals surface area contributed by atoms with Crippen LogP contribution in [0.3, 0.4) is 0 Å². The van der Waals surface area contributed by atoms with Crippen molar-refractivity contribution in [3.05, 3.63) is 36.7 Å². The Morgan fingerprint density at radius 1 is 1.27 bits per heavy atom. The Morgan fingerprint density at radius 3 is 2.87 bits per heavy atom. The predicted molar refractivity (Wildman–Crippen MR) is 61.8 cm³/mol. The van der Waals surface area contributed by atoms with Crippen molar-refractivity contribution in [2.75, 3.05) is 0 Å². The summed E-state index contributed by atoms with van der Waals surface area (Å²) >= 11 is 1.75. The zero-order chi connectivity index (χ0) is 10.3. The molecule has 0 N–H and O–H groups in total. The van der Waals surface area contributed by atoms with Crippen LogP contribution in [0.15, 0.2) is 36.7 Å². The number of benzene rings is 1. The number of hydrogen-bond acceptors (Lipinski definition) is 3. The van der Waals surface area contributed by atoms with Crippen LogP contribution in [0, 0.1) is 0 Å². The lowest BCUT2D eigenvalue weighted by atomic mass is 10.2. The lowest BCUT2D eigenvalue weighted by molar-refractivity contribution is 0.922. The highest BCUT2D eigenvalue weighted by molar-refractivity contribution is 7.22. The first-order valence-corrected chi connectivity index (χ1v) is 5.49. The van der Waals surface area contributed by atoms with E-state index in [-0.39, 0.29) is 0 Å². The van der Waals surface area contributed by atoms with Crippen molar-refractivity contribution < 1.29 is 0 Å². The van der Waals surface area contributed by atoms with Crippen LogP contribution in [0.25, 0.3) is 20.8 Å². The maximum absolute atomic E-state index is 4.10.